The van der Waals surface area contributed by atoms with Gasteiger partial charge in [0.05, 0.1) is 0 Å². The van der Waals surface area contributed by atoms with Gasteiger partial charge in [0.2, 0.25) is 11.8 Å². The van der Waals surface area contributed by atoms with Gasteiger partial charge >= 0.3 is 6.09 Å². The number of amides is 4. The topological polar surface area (TPSA) is 137 Å². The van der Waals surface area contributed by atoms with E-state index in [-0.39, 0.29) is 17.9 Å². The van der Waals surface area contributed by atoms with Gasteiger partial charge in [-0.1, -0.05) is 26.8 Å². The second kappa shape index (κ2) is 11.5. The molecule has 0 aromatic rings. The summed E-state index contributed by atoms with van der Waals surface area (Å²) in [6, 6.07) is -1.68. The van der Waals surface area contributed by atoms with Crippen LogP contribution in [0.1, 0.15) is 65.7 Å². The molecule has 3 rings (SSSR count). The fourth-order valence-electron chi connectivity index (χ4n) is 5.03. The van der Waals surface area contributed by atoms with E-state index in [1.807, 2.05) is 20.8 Å². The van der Waals surface area contributed by atoms with Crippen LogP contribution in [-0.4, -0.2) is 81.6 Å². The molecule has 2 aliphatic carbocycles. The molecule has 3 aliphatic rings. The van der Waals surface area contributed by atoms with Gasteiger partial charge in [0.25, 0.3) is 5.91 Å². The molecule has 2 saturated carbocycles. The Morgan fingerprint density at radius 1 is 1.14 bits per heavy atom. The van der Waals surface area contributed by atoms with Gasteiger partial charge < -0.3 is 20.3 Å². The maximum Gasteiger partial charge on any atom is 0.408 e. The Kier molecular flexibility index (Phi) is 9.05. The number of nitrogens with one attached hydrogen (secondary N) is 3. The summed E-state index contributed by atoms with van der Waals surface area (Å²) >= 11 is -1.75. The van der Waals surface area contributed by atoms with Crippen LogP contribution in [0, 0.1) is 11.3 Å². The van der Waals surface area contributed by atoms with Crippen LogP contribution < -0.4 is 15.4 Å². The average Bonchev–Trinajstić information content (AvgIpc) is 3.16. The van der Waals surface area contributed by atoms with Gasteiger partial charge in [-0.15, -0.1) is 6.58 Å². The van der Waals surface area contributed by atoms with Crippen LogP contribution in [0.3, 0.4) is 0 Å². The van der Waals surface area contributed by atoms with E-state index < -0.39 is 52.1 Å². The number of rotatable bonds is 9. The number of carbonyl (C=O) groups excluding carboxylic acids is 4. The number of likely N-dealkylation sites (tertiary alicyclic amines) is 1. The van der Waals surface area contributed by atoms with Crippen LogP contribution >= 0.6 is 0 Å². The minimum Gasteiger partial charge on any atom is -0.446 e. The van der Waals surface area contributed by atoms with Crippen LogP contribution in [0.4, 0.5) is 4.79 Å². The van der Waals surface area contributed by atoms with Crippen molar-refractivity contribution in [2.45, 2.75) is 89.4 Å². The molecule has 12 heteroatoms. The zero-order valence-electron chi connectivity index (χ0n) is 22.5. The highest BCUT2D eigenvalue weighted by Crippen LogP contribution is 2.45. The molecule has 5 atom stereocenters. The van der Waals surface area contributed by atoms with E-state index in [1.165, 1.54) is 9.21 Å². The molecular weight excluding hydrogens is 498 g/mol. The summed E-state index contributed by atoms with van der Waals surface area (Å²) in [4.78, 5) is 54.1. The molecule has 1 heterocycles. The van der Waals surface area contributed by atoms with Crippen LogP contribution in [0.15, 0.2) is 12.7 Å². The van der Waals surface area contributed by atoms with Crippen LogP contribution in [0.2, 0.25) is 0 Å². The molecule has 0 aromatic heterocycles. The molecule has 37 heavy (non-hydrogen) atoms. The fourth-order valence-corrected chi connectivity index (χ4v) is 5.55. The molecule has 1 saturated heterocycles. The van der Waals surface area contributed by atoms with E-state index in [0.29, 0.717) is 25.8 Å². The van der Waals surface area contributed by atoms with Crippen LogP contribution in [0.5, 0.6) is 0 Å². The third-order valence-electron chi connectivity index (χ3n) is 7.35. The number of hydrogen-bond donors (Lipinski definition) is 3. The first-order valence-electron chi connectivity index (χ1n) is 12.9. The lowest BCUT2D eigenvalue weighted by Gasteiger charge is -2.35. The molecule has 0 radical (unpaired) electrons. The Labute approximate surface area is 221 Å². The first-order valence-corrected chi connectivity index (χ1v) is 14.0. The van der Waals surface area contributed by atoms with Crippen LogP contribution in [0.25, 0.3) is 0 Å². The molecule has 4 amide bonds. The Morgan fingerprint density at radius 3 is 2.32 bits per heavy atom. The molecule has 11 nitrogen and oxygen atoms in total. The van der Waals surface area contributed by atoms with Crippen molar-refractivity contribution in [3.63, 3.8) is 0 Å². The summed E-state index contributed by atoms with van der Waals surface area (Å²) in [7, 11) is 3.12. The van der Waals surface area contributed by atoms with Gasteiger partial charge in [-0.25, -0.2) is 13.3 Å². The fraction of sp³-hybridized carbons (Fsp3) is 0.760. The van der Waals surface area contributed by atoms with Gasteiger partial charge in [-0.2, -0.15) is 0 Å². The number of ether oxygens (including phenoxy) is 1. The molecule has 208 valence electrons. The largest absolute Gasteiger partial charge is 0.446 e. The molecule has 2 unspecified atom stereocenters. The Bertz CT molecular complexity index is 944. The quantitative estimate of drug-likeness (QED) is 0.379. The van der Waals surface area contributed by atoms with Crippen molar-refractivity contribution in [2.24, 2.45) is 11.3 Å². The monoisotopic (exact) mass is 539 g/mol. The van der Waals surface area contributed by atoms with Gasteiger partial charge in [-0.3, -0.25) is 19.1 Å². The minimum atomic E-state index is -1.75. The Hall–Kier alpha value is -2.47. The molecule has 0 aromatic carbocycles. The van der Waals surface area contributed by atoms with Crippen molar-refractivity contribution in [2.75, 3.05) is 20.6 Å². The third-order valence-corrected chi connectivity index (χ3v) is 8.38. The number of alkyl carbamates (subject to hydrolysis) is 1. The van der Waals surface area contributed by atoms with E-state index in [0.717, 1.165) is 25.7 Å². The average molecular weight is 540 g/mol. The van der Waals surface area contributed by atoms with Gasteiger partial charge in [-0.05, 0) is 50.4 Å². The van der Waals surface area contributed by atoms with Crippen molar-refractivity contribution in [3.8, 4) is 0 Å². The summed E-state index contributed by atoms with van der Waals surface area (Å²) in [5.74, 6) is -1.69. The smallest absolute Gasteiger partial charge is 0.408 e. The van der Waals surface area contributed by atoms with E-state index in [9.17, 15) is 23.4 Å². The SMILES string of the molecule is C=CC1C[C@]1(NC(=O)[C@@H]1CCCN1C(=O)[C@@H](NC(=O)OC1CCCC1)C(C)(C)C)C(=O)NS(=O)N(C)C. The Morgan fingerprint density at radius 2 is 1.78 bits per heavy atom. The zero-order chi connectivity index (χ0) is 27.5. The second-order valence-corrected chi connectivity index (χ2v) is 12.9. The van der Waals surface area contributed by atoms with Gasteiger partial charge in [0.1, 0.15) is 23.7 Å². The molecule has 3 N–H and O–H groups in total. The van der Waals surface area contributed by atoms with E-state index in [2.05, 4.69) is 21.9 Å². The minimum absolute atomic E-state index is 0.137. The first-order chi connectivity index (χ1) is 17.3. The molecule has 0 spiro atoms. The molecule has 3 fully saturated rings. The van der Waals surface area contributed by atoms with Crippen LogP contribution in [-0.2, 0) is 30.3 Å². The maximum absolute atomic E-state index is 13.7. The predicted octanol–water partition coefficient (Wildman–Crippen LogP) is 1.38. The third kappa shape index (κ3) is 6.70. The Balaban J connectivity index is 1.71. The number of hydrogen-bond acceptors (Lipinski definition) is 6. The summed E-state index contributed by atoms with van der Waals surface area (Å²) in [5.41, 5.74) is -1.88. The maximum atomic E-state index is 13.7. The zero-order valence-corrected chi connectivity index (χ0v) is 23.3. The second-order valence-electron chi connectivity index (χ2n) is 11.4. The predicted molar refractivity (Wildman–Crippen MR) is 139 cm³/mol. The lowest BCUT2D eigenvalue weighted by Crippen LogP contribution is -2.60. The highest BCUT2D eigenvalue weighted by Gasteiger charge is 2.61. The summed E-state index contributed by atoms with van der Waals surface area (Å²) < 4.78 is 21.4. The number of carbonyl (C=O) groups is 4. The van der Waals surface area contributed by atoms with Crippen molar-refractivity contribution in [3.05, 3.63) is 12.7 Å². The van der Waals surface area contributed by atoms with Crippen molar-refractivity contribution >= 4 is 35.0 Å². The standard InChI is InChI=1S/C25H41N5O6S/c1-7-16-15-25(16,22(33)28-37(35)29(5)6)27-20(31)18-13-10-14-30(18)21(32)19(24(2,3)4)26-23(34)36-17-11-8-9-12-17/h7,16-19H,1,8-15H2,2-6H3,(H,26,34)(H,27,31)(H,28,33)/t16?,18-,19+,25+,37?/m0/s1. The van der Waals surface area contributed by atoms with E-state index in [4.69, 9.17) is 4.74 Å². The summed E-state index contributed by atoms with van der Waals surface area (Å²) in [6.45, 7) is 9.64. The first kappa shape index (κ1) is 29.1. The summed E-state index contributed by atoms with van der Waals surface area (Å²) in [6.07, 6.45) is 5.87. The van der Waals surface area contributed by atoms with Crippen molar-refractivity contribution < 1.29 is 28.1 Å². The lowest BCUT2D eigenvalue weighted by atomic mass is 9.85. The van der Waals surface area contributed by atoms with E-state index >= 15 is 0 Å². The van der Waals surface area contributed by atoms with Gasteiger partial charge in [0, 0.05) is 26.6 Å². The summed E-state index contributed by atoms with van der Waals surface area (Å²) in [5, 5.41) is 5.57. The highest BCUT2D eigenvalue weighted by molar-refractivity contribution is 7.81. The highest BCUT2D eigenvalue weighted by atomic mass is 32.2. The number of nitrogens with zero attached hydrogens (tertiary/aromatic N) is 2. The van der Waals surface area contributed by atoms with Gasteiger partial charge in [0.15, 0.2) is 11.2 Å². The van der Waals surface area contributed by atoms with E-state index in [1.54, 1.807) is 20.2 Å². The molecular formula is C25H41N5O6S. The van der Waals surface area contributed by atoms with Crippen molar-refractivity contribution in [1.82, 2.24) is 24.6 Å². The molecule has 1 aliphatic heterocycles. The normalized spacial score (nSPS) is 27.4. The lowest BCUT2D eigenvalue weighted by molar-refractivity contribution is -0.142. The molecule has 0 bridgehead atoms. The van der Waals surface area contributed by atoms with Crippen molar-refractivity contribution in [1.29, 1.82) is 0 Å².